The second kappa shape index (κ2) is 6.55. The second-order valence-corrected chi connectivity index (χ2v) is 5.18. The van der Waals surface area contributed by atoms with Gasteiger partial charge in [-0.1, -0.05) is 30.7 Å². The molecular weight excluding hydrogens is 284 g/mol. The molecule has 4 nitrogen and oxygen atoms in total. The van der Waals surface area contributed by atoms with Gasteiger partial charge in [-0.15, -0.1) is 0 Å². The fraction of sp³-hybridized carbons (Fsp3) is 0.312. The first-order valence-corrected chi connectivity index (χ1v) is 7.22. The number of halogens is 1. The molecule has 0 aliphatic heterocycles. The third-order valence-corrected chi connectivity index (χ3v) is 3.65. The molecule has 0 atom stereocenters. The van der Waals surface area contributed by atoms with E-state index in [9.17, 15) is 5.26 Å². The molecule has 0 spiro atoms. The highest BCUT2D eigenvalue weighted by Gasteiger charge is 2.16. The van der Waals surface area contributed by atoms with Crippen molar-refractivity contribution in [3.8, 4) is 6.07 Å². The molecule has 5 heteroatoms. The quantitative estimate of drug-likeness (QED) is 0.800. The Kier molecular flexibility index (Phi) is 4.77. The van der Waals surface area contributed by atoms with Crippen LogP contribution in [0, 0.1) is 18.3 Å². The van der Waals surface area contributed by atoms with Gasteiger partial charge in [0.05, 0.1) is 11.3 Å². The Morgan fingerprint density at radius 1 is 1.29 bits per heavy atom. The van der Waals surface area contributed by atoms with E-state index in [2.05, 4.69) is 23.0 Å². The summed E-state index contributed by atoms with van der Waals surface area (Å²) in [5, 5.41) is 9.70. The fourth-order valence-corrected chi connectivity index (χ4v) is 2.34. The van der Waals surface area contributed by atoms with Crippen LogP contribution in [0.5, 0.6) is 0 Å². The average Bonchev–Trinajstić information content (AvgIpc) is 2.50. The molecule has 108 valence electrons. The fourth-order valence-electron chi connectivity index (χ4n) is 2.16. The number of nitrogens with zero attached hydrogens (tertiary/aromatic N) is 4. The van der Waals surface area contributed by atoms with Gasteiger partial charge in [-0.2, -0.15) is 5.26 Å². The first kappa shape index (κ1) is 15.3. The lowest BCUT2D eigenvalue weighted by Crippen LogP contribution is -2.16. The first-order valence-electron chi connectivity index (χ1n) is 6.84. The molecule has 0 aliphatic carbocycles. The molecule has 0 unspecified atom stereocenters. The summed E-state index contributed by atoms with van der Waals surface area (Å²) in [7, 11) is 1.89. The van der Waals surface area contributed by atoms with Crippen LogP contribution in [0.1, 0.15) is 30.3 Å². The lowest BCUT2D eigenvalue weighted by molar-refractivity contribution is 0.826. The van der Waals surface area contributed by atoms with E-state index in [0.717, 1.165) is 35.7 Å². The van der Waals surface area contributed by atoms with E-state index in [4.69, 9.17) is 11.6 Å². The minimum absolute atomic E-state index is 0.463. The van der Waals surface area contributed by atoms with Crippen molar-refractivity contribution in [3.05, 3.63) is 46.4 Å². The van der Waals surface area contributed by atoms with E-state index in [0.29, 0.717) is 10.7 Å². The molecule has 1 heterocycles. The summed E-state index contributed by atoms with van der Waals surface area (Å²) in [6.45, 7) is 3.96. The summed E-state index contributed by atoms with van der Waals surface area (Å²) in [6.07, 6.45) is 1.73. The van der Waals surface area contributed by atoms with Crippen LogP contribution >= 0.6 is 11.6 Å². The van der Waals surface area contributed by atoms with Gasteiger partial charge in [-0.05, 0) is 25.5 Å². The Hall–Kier alpha value is -2.12. The van der Waals surface area contributed by atoms with Crippen LogP contribution < -0.4 is 4.90 Å². The largest absolute Gasteiger partial charge is 0.328 e. The highest BCUT2D eigenvalue weighted by atomic mass is 35.5. The molecule has 0 saturated heterocycles. The molecule has 2 rings (SSSR count). The van der Waals surface area contributed by atoms with Crippen molar-refractivity contribution in [2.45, 2.75) is 26.7 Å². The summed E-state index contributed by atoms with van der Waals surface area (Å²) in [5.41, 5.74) is 2.22. The molecule has 0 N–H and O–H groups in total. The normalized spacial score (nSPS) is 10.2. The zero-order chi connectivity index (χ0) is 15.4. The maximum absolute atomic E-state index is 9.24. The zero-order valence-electron chi connectivity index (χ0n) is 12.4. The molecule has 1 aromatic carbocycles. The molecule has 21 heavy (non-hydrogen) atoms. The van der Waals surface area contributed by atoms with Crippen LogP contribution in [-0.4, -0.2) is 17.0 Å². The molecule has 0 saturated carbocycles. The Balaban J connectivity index is 2.52. The summed E-state index contributed by atoms with van der Waals surface area (Å²) in [6, 6.07) is 9.63. The van der Waals surface area contributed by atoms with Crippen LogP contribution in [0.25, 0.3) is 0 Å². The van der Waals surface area contributed by atoms with Gasteiger partial charge in [-0.3, -0.25) is 0 Å². The van der Waals surface area contributed by atoms with Gasteiger partial charge in [0.25, 0.3) is 0 Å². The Morgan fingerprint density at radius 3 is 2.67 bits per heavy atom. The lowest BCUT2D eigenvalue weighted by atomic mass is 10.1. The van der Waals surface area contributed by atoms with Crippen molar-refractivity contribution >= 4 is 23.1 Å². The van der Waals surface area contributed by atoms with Gasteiger partial charge < -0.3 is 4.90 Å². The smallest absolute Gasteiger partial charge is 0.140 e. The molecule has 0 fully saturated rings. The van der Waals surface area contributed by atoms with Gasteiger partial charge in [0.15, 0.2) is 0 Å². The number of aryl methyl sites for hydroxylation is 1. The molecule has 0 radical (unpaired) electrons. The number of aromatic nitrogens is 2. The van der Waals surface area contributed by atoms with E-state index in [1.54, 1.807) is 6.07 Å². The van der Waals surface area contributed by atoms with Crippen molar-refractivity contribution in [2.24, 2.45) is 0 Å². The van der Waals surface area contributed by atoms with Crippen molar-refractivity contribution in [3.63, 3.8) is 0 Å². The number of hydrogen-bond acceptors (Lipinski definition) is 4. The van der Waals surface area contributed by atoms with E-state index in [1.807, 2.05) is 37.1 Å². The van der Waals surface area contributed by atoms with Gasteiger partial charge >= 0.3 is 0 Å². The van der Waals surface area contributed by atoms with Gasteiger partial charge in [0.1, 0.15) is 22.9 Å². The number of benzene rings is 1. The highest BCUT2D eigenvalue weighted by molar-refractivity contribution is 6.30. The molecule has 0 amide bonds. The number of para-hydroxylation sites is 1. The molecule has 0 aliphatic rings. The molecule has 0 bridgehead atoms. The Morgan fingerprint density at radius 2 is 2.00 bits per heavy atom. The summed E-state index contributed by atoms with van der Waals surface area (Å²) in [4.78, 5) is 10.8. The molecule has 2 aromatic rings. The predicted octanol–water partition coefficient (Wildman–Crippen LogP) is 4.03. The minimum Gasteiger partial charge on any atom is -0.328 e. The van der Waals surface area contributed by atoms with Gasteiger partial charge in [-0.25, -0.2) is 9.97 Å². The summed E-state index contributed by atoms with van der Waals surface area (Å²) >= 11 is 6.22. The zero-order valence-corrected chi connectivity index (χ0v) is 13.1. The van der Waals surface area contributed by atoms with Crippen molar-refractivity contribution in [2.75, 3.05) is 11.9 Å². The Bertz CT molecular complexity index is 691. The number of anilines is 2. The monoisotopic (exact) mass is 300 g/mol. The number of nitriles is 1. The summed E-state index contributed by atoms with van der Waals surface area (Å²) in [5.74, 6) is 1.46. The van der Waals surface area contributed by atoms with Crippen molar-refractivity contribution in [1.82, 2.24) is 9.97 Å². The van der Waals surface area contributed by atoms with Gasteiger partial charge in [0, 0.05) is 19.0 Å². The maximum atomic E-state index is 9.24. The van der Waals surface area contributed by atoms with Crippen LogP contribution in [0.4, 0.5) is 11.5 Å². The maximum Gasteiger partial charge on any atom is 0.140 e. The standard InChI is InChI=1S/C16H17ClN4/c1-4-7-14-19-15(17)11(2)16(20-14)21(3)13-9-6-5-8-12(13)10-18/h5-6,8-9H,4,7H2,1-3H3. The van der Waals surface area contributed by atoms with E-state index in [-0.39, 0.29) is 0 Å². The van der Waals surface area contributed by atoms with Crippen molar-refractivity contribution in [1.29, 1.82) is 5.26 Å². The highest BCUT2D eigenvalue weighted by Crippen LogP contribution is 2.30. The first-order chi connectivity index (χ1) is 10.1. The van der Waals surface area contributed by atoms with Crippen LogP contribution in [0.2, 0.25) is 5.15 Å². The SMILES string of the molecule is CCCc1nc(Cl)c(C)c(N(C)c2ccccc2C#N)n1. The van der Waals surface area contributed by atoms with Crippen LogP contribution in [-0.2, 0) is 6.42 Å². The van der Waals surface area contributed by atoms with E-state index < -0.39 is 0 Å². The molecule has 1 aromatic heterocycles. The van der Waals surface area contributed by atoms with Gasteiger partial charge in [0.2, 0.25) is 0 Å². The summed E-state index contributed by atoms with van der Waals surface area (Å²) < 4.78 is 0. The van der Waals surface area contributed by atoms with Crippen molar-refractivity contribution < 1.29 is 0 Å². The minimum atomic E-state index is 0.463. The number of rotatable bonds is 4. The topological polar surface area (TPSA) is 52.8 Å². The van der Waals surface area contributed by atoms with Crippen LogP contribution in [0.15, 0.2) is 24.3 Å². The number of hydrogen-bond donors (Lipinski definition) is 0. The lowest BCUT2D eigenvalue weighted by Gasteiger charge is -2.22. The third kappa shape index (κ3) is 3.14. The third-order valence-electron chi connectivity index (χ3n) is 3.28. The Labute approximate surface area is 130 Å². The second-order valence-electron chi connectivity index (χ2n) is 4.82. The predicted molar refractivity (Wildman–Crippen MR) is 85.0 cm³/mol. The van der Waals surface area contributed by atoms with E-state index >= 15 is 0 Å². The molecular formula is C16H17ClN4. The van der Waals surface area contributed by atoms with Crippen LogP contribution in [0.3, 0.4) is 0 Å². The van der Waals surface area contributed by atoms with E-state index in [1.165, 1.54) is 0 Å². The average molecular weight is 301 g/mol.